The van der Waals surface area contributed by atoms with Crippen LogP contribution in [-0.4, -0.2) is 34.7 Å². The zero-order valence-electron chi connectivity index (χ0n) is 8.88. The molecule has 0 aromatic carbocycles. The number of aliphatic carboxylic acids is 1. The Hall–Kier alpha value is -0.220. The molecule has 0 saturated heterocycles. The van der Waals surface area contributed by atoms with E-state index in [1.54, 1.807) is 0 Å². The highest BCUT2D eigenvalue weighted by atomic mass is 32.2. The molecule has 0 spiro atoms. The van der Waals surface area contributed by atoms with Gasteiger partial charge in [-0.15, -0.1) is 0 Å². The van der Waals surface area contributed by atoms with Crippen LogP contribution in [0.3, 0.4) is 0 Å². The fourth-order valence-electron chi connectivity index (χ4n) is 1.50. The number of nitrogens with one attached hydrogen (secondary N) is 1. The fraction of sp³-hybridized carbons (Fsp3) is 0.900. The van der Waals surface area contributed by atoms with E-state index in [0.29, 0.717) is 4.75 Å². The summed E-state index contributed by atoms with van der Waals surface area (Å²) in [5, 5.41) is 12.1. The first-order valence-electron chi connectivity index (χ1n) is 5.15. The molecule has 14 heavy (non-hydrogen) atoms. The number of rotatable bonds is 7. The van der Waals surface area contributed by atoms with Crippen molar-refractivity contribution in [2.24, 2.45) is 0 Å². The van der Waals surface area contributed by atoms with E-state index in [4.69, 9.17) is 5.11 Å². The maximum atomic E-state index is 10.8. The molecule has 0 aliphatic heterocycles. The van der Waals surface area contributed by atoms with Crippen LogP contribution in [0.25, 0.3) is 0 Å². The molecule has 82 valence electrons. The topological polar surface area (TPSA) is 49.3 Å². The van der Waals surface area contributed by atoms with Crippen molar-refractivity contribution in [3.63, 3.8) is 0 Å². The lowest BCUT2D eigenvalue weighted by Crippen LogP contribution is -2.40. The van der Waals surface area contributed by atoms with E-state index >= 15 is 0 Å². The van der Waals surface area contributed by atoms with Gasteiger partial charge in [-0.05, 0) is 25.5 Å². The van der Waals surface area contributed by atoms with Crippen LogP contribution in [0.4, 0.5) is 0 Å². The number of hydrogen-bond acceptors (Lipinski definition) is 3. The zero-order chi connectivity index (χ0) is 10.6. The Bertz CT molecular complexity index is 204. The number of carboxylic acid groups (broad SMARTS) is 1. The summed E-state index contributed by atoms with van der Waals surface area (Å²) in [6.45, 7) is 2.85. The summed E-state index contributed by atoms with van der Waals surface area (Å²) in [4.78, 5) is 10.8. The van der Waals surface area contributed by atoms with E-state index in [2.05, 4.69) is 11.6 Å². The molecule has 1 saturated carbocycles. The minimum absolute atomic E-state index is 0.349. The average molecular weight is 217 g/mol. The van der Waals surface area contributed by atoms with Crippen LogP contribution in [0.15, 0.2) is 0 Å². The lowest BCUT2D eigenvalue weighted by atomic mass is 10.1. The first-order chi connectivity index (χ1) is 6.63. The molecular weight excluding hydrogens is 198 g/mol. The summed E-state index contributed by atoms with van der Waals surface area (Å²) in [7, 11) is 0. The quantitative estimate of drug-likeness (QED) is 0.682. The summed E-state index contributed by atoms with van der Waals surface area (Å²) in [5.74, 6) is -0.719. The van der Waals surface area contributed by atoms with E-state index in [9.17, 15) is 4.79 Å². The lowest BCUT2D eigenvalue weighted by Gasteiger charge is -2.18. The average Bonchev–Trinajstić information content (AvgIpc) is 2.92. The molecule has 0 radical (unpaired) electrons. The highest BCUT2D eigenvalue weighted by Gasteiger charge is 2.42. The number of carbonyl (C=O) groups is 1. The Morgan fingerprint density at radius 3 is 2.64 bits per heavy atom. The highest BCUT2D eigenvalue weighted by molar-refractivity contribution is 8.00. The van der Waals surface area contributed by atoms with E-state index in [1.807, 2.05) is 18.7 Å². The normalized spacial score (nSPS) is 20.4. The highest BCUT2D eigenvalue weighted by Crippen LogP contribution is 2.46. The second kappa shape index (κ2) is 5.03. The minimum Gasteiger partial charge on any atom is -0.480 e. The van der Waals surface area contributed by atoms with Crippen LogP contribution in [0.1, 0.15) is 32.6 Å². The largest absolute Gasteiger partial charge is 0.480 e. The second-order valence-electron chi connectivity index (χ2n) is 3.95. The number of thioether (sulfide) groups is 1. The van der Waals surface area contributed by atoms with E-state index < -0.39 is 5.97 Å². The fourth-order valence-corrected chi connectivity index (χ4v) is 2.24. The molecule has 1 atom stereocenters. The standard InChI is InChI=1S/C10H19NO2S/c1-3-4-8(9(12)13)11-7-10(14-2)5-6-10/h8,11H,3-7H2,1-2H3,(H,12,13). The summed E-state index contributed by atoms with van der Waals surface area (Å²) in [5.41, 5.74) is 0. The van der Waals surface area contributed by atoms with Crippen LogP contribution in [-0.2, 0) is 4.79 Å². The van der Waals surface area contributed by atoms with Gasteiger partial charge in [0, 0.05) is 11.3 Å². The summed E-state index contributed by atoms with van der Waals surface area (Å²) < 4.78 is 0.349. The van der Waals surface area contributed by atoms with Crippen molar-refractivity contribution >= 4 is 17.7 Å². The van der Waals surface area contributed by atoms with Gasteiger partial charge in [0.05, 0.1) is 0 Å². The Kier molecular flexibility index (Phi) is 4.26. The predicted octanol–water partition coefficient (Wildman–Crippen LogP) is 1.72. The minimum atomic E-state index is -0.719. The second-order valence-corrected chi connectivity index (χ2v) is 5.22. The van der Waals surface area contributed by atoms with Gasteiger partial charge in [-0.3, -0.25) is 4.79 Å². The molecule has 1 aliphatic rings. The molecule has 0 aromatic heterocycles. The maximum absolute atomic E-state index is 10.8. The molecule has 0 aromatic rings. The van der Waals surface area contributed by atoms with Gasteiger partial charge in [-0.1, -0.05) is 13.3 Å². The van der Waals surface area contributed by atoms with E-state index in [1.165, 1.54) is 12.8 Å². The molecule has 4 heteroatoms. The van der Waals surface area contributed by atoms with E-state index in [0.717, 1.165) is 19.4 Å². The van der Waals surface area contributed by atoms with Crippen molar-refractivity contribution in [2.45, 2.75) is 43.4 Å². The SMILES string of the molecule is CCCC(NCC1(SC)CC1)C(=O)O. The van der Waals surface area contributed by atoms with Gasteiger partial charge in [0.1, 0.15) is 6.04 Å². The monoisotopic (exact) mass is 217 g/mol. The molecule has 1 rings (SSSR count). The third kappa shape index (κ3) is 3.17. The van der Waals surface area contributed by atoms with Crippen LogP contribution in [0, 0.1) is 0 Å². The molecular formula is C10H19NO2S. The maximum Gasteiger partial charge on any atom is 0.320 e. The van der Waals surface area contributed by atoms with Gasteiger partial charge in [0.25, 0.3) is 0 Å². The predicted molar refractivity (Wildman–Crippen MR) is 59.8 cm³/mol. The third-order valence-corrected chi connectivity index (χ3v) is 4.21. The van der Waals surface area contributed by atoms with Gasteiger partial charge in [-0.25, -0.2) is 0 Å². The van der Waals surface area contributed by atoms with Crippen molar-refractivity contribution in [2.75, 3.05) is 12.8 Å². The van der Waals surface area contributed by atoms with Crippen molar-refractivity contribution in [3.05, 3.63) is 0 Å². The lowest BCUT2D eigenvalue weighted by molar-refractivity contribution is -0.139. The molecule has 1 fully saturated rings. The van der Waals surface area contributed by atoms with Crippen LogP contribution >= 0.6 is 11.8 Å². The molecule has 1 aliphatic carbocycles. The summed E-state index contributed by atoms with van der Waals surface area (Å²) in [6, 6.07) is -0.357. The Morgan fingerprint density at radius 1 is 1.64 bits per heavy atom. The third-order valence-electron chi connectivity index (χ3n) is 2.79. The van der Waals surface area contributed by atoms with Crippen molar-refractivity contribution in [3.8, 4) is 0 Å². The Balaban J connectivity index is 2.29. The first-order valence-corrected chi connectivity index (χ1v) is 6.37. The van der Waals surface area contributed by atoms with Crippen molar-refractivity contribution in [1.82, 2.24) is 5.32 Å². The molecule has 0 amide bonds. The molecule has 1 unspecified atom stereocenters. The van der Waals surface area contributed by atoms with Gasteiger partial charge in [-0.2, -0.15) is 11.8 Å². The summed E-state index contributed by atoms with van der Waals surface area (Å²) in [6.07, 6.45) is 6.18. The van der Waals surface area contributed by atoms with Gasteiger partial charge < -0.3 is 10.4 Å². The number of carboxylic acids is 1. The molecule has 0 bridgehead atoms. The zero-order valence-corrected chi connectivity index (χ0v) is 9.69. The smallest absolute Gasteiger partial charge is 0.320 e. The summed E-state index contributed by atoms with van der Waals surface area (Å²) >= 11 is 1.85. The van der Waals surface area contributed by atoms with Gasteiger partial charge in [0.15, 0.2) is 0 Å². The van der Waals surface area contributed by atoms with Crippen molar-refractivity contribution in [1.29, 1.82) is 0 Å². The first kappa shape index (κ1) is 11.9. The molecule has 0 heterocycles. The van der Waals surface area contributed by atoms with Crippen LogP contribution < -0.4 is 5.32 Å². The molecule has 3 nitrogen and oxygen atoms in total. The Morgan fingerprint density at radius 2 is 2.29 bits per heavy atom. The van der Waals surface area contributed by atoms with Gasteiger partial charge in [0.2, 0.25) is 0 Å². The van der Waals surface area contributed by atoms with Gasteiger partial charge >= 0.3 is 5.97 Å². The van der Waals surface area contributed by atoms with Crippen molar-refractivity contribution < 1.29 is 9.90 Å². The van der Waals surface area contributed by atoms with Crippen LogP contribution in [0.2, 0.25) is 0 Å². The molecule has 2 N–H and O–H groups in total. The number of hydrogen-bond donors (Lipinski definition) is 2. The van der Waals surface area contributed by atoms with E-state index in [-0.39, 0.29) is 6.04 Å². The Labute approximate surface area is 89.6 Å². The van der Waals surface area contributed by atoms with Crippen LogP contribution in [0.5, 0.6) is 0 Å².